The van der Waals surface area contributed by atoms with E-state index in [0.717, 1.165) is 22.8 Å². The number of aryl methyl sites for hydroxylation is 3. The SMILES string of the molecule is Cc1cc(C)cc(N2C(=S)NC(c3ccccn3)C2c2cccn2-c2cccc(C)c2)c1. The van der Waals surface area contributed by atoms with E-state index >= 15 is 0 Å². The summed E-state index contributed by atoms with van der Waals surface area (Å²) in [6.45, 7) is 6.38. The van der Waals surface area contributed by atoms with Crippen molar-refractivity contribution < 1.29 is 0 Å². The number of thiocarbonyl (C=S) groups is 1. The number of pyridine rings is 1. The Kier molecular flexibility index (Phi) is 5.27. The van der Waals surface area contributed by atoms with Crippen LogP contribution < -0.4 is 10.2 Å². The largest absolute Gasteiger partial charge is 0.351 e. The van der Waals surface area contributed by atoms with E-state index in [-0.39, 0.29) is 12.1 Å². The van der Waals surface area contributed by atoms with E-state index in [1.54, 1.807) is 0 Å². The molecule has 0 bridgehead atoms. The van der Waals surface area contributed by atoms with Crippen molar-refractivity contribution in [3.63, 3.8) is 0 Å². The zero-order valence-corrected chi connectivity index (χ0v) is 19.3. The normalized spacial score (nSPS) is 18.1. The monoisotopic (exact) mass is 438 g/mol. The fourth-order valence-corrected chi connectivity index (χ4v) is 5.02. The van der Waals surface area contributed by atoms with Crippen molar-refractivity contribution in [2.75, 3.05) is 4.90 Å². The van der Waals surface area contributed by atoms with Crippen molar-refractivity contribution in [1.82, 2.24) is 14.9 Å². The van der Waals surface area contributed by atoms with Gasteiger partial charge in [-0.15, -0.1) is 0 Å². The summed E-state index contributed by atoms with van der Waals surface area (Å²) < 4.78 is 2.26. The maximum atomic E-state index is 5.90. The zero-order valence-electron chi connectivity index (χ0n) is 18.5. The van der Waals surface area contributed by atoms with Crippen LogP contribution in [0.2, 0.25) is 0 Å². The molecule has 32 heavy (non-hydrogen) atoms. The number of nitrogens with zero attached hydrogens (tertiary/aromatic N) is 3. The van der Waals surface area contributed by atoms with Gasteiger partial charge in [-0.2, -0.15) is 0 Å². The van der Waals surface area contributed by atoms with E-state index in [9.17, 15) is 0 Å². The third-order valence-corrected chi connectivity index (χ3v) is 6.26. The molecule has 2 atom stereocenters. The Bertz CT molecular complexity index is 1260. The number of benzene rings is 2. The van der Waals surface area contributed by atoms with Gasteiger partial charge in [-0.3, -0.25) is 4.98 Å². The van der Waals surface area contributed by atoms with Crippen molar-refractivity contribution in [3.05, 3.63) is 113 Å². The molecular formula is C27H26N4S. The van der Waals surface area contributed by atoms with Gasteiger partial charge in [-0.1, -0.05) is 24.3 Å². The molecule has 5 heteroatoms. The first-order chi connectivity index (χ1) is 15.5. The molecule has 2 aromatic carbocycles. The van der Waals surface area contributed by atoms with E-state index in [4.69, 9.17) is 12.2 Å². The number of rotatable bonds is 4. The standard InChI is InChI=1S/C27H26N4S/c1-18-8-6-9-21(15-18)30-13-7-11-24(30)26-25(23-10-4-5-12-28-23)29-27(32)31(26)22-16-19(2)14-20(3)17-22/h4-17,25-26H,1-3H3,(H,29,32). The third kappa shape index (κ3) is 3.69. The summed E-state index contributed by atoms with van der Waals surface area (Å²) in [4.78, 5) is 6.92. The van der Waals surface area contributed by atoms with Gasteiger partial charge in [0, 0.05) is 29.5 Å². The van der Waals surface area contributed by atoms with E-state index < -0.39 is 0 Å². The zero-order chi connectivity index (χ0) is 22.2. The van der Waals surface area contributed by atoms with Gasteiger partial charge in [0.05, 0.1) is 11.7 Å². The van der Waals surface area contributed by atoms with Crippen LogP contribution in [-0.2, 0) is 0 Å². The van der Waals surface area contributed by atoms with Crippen LogP contribution >= 0.6 is 12.2 Å². The number of hydrogen-bond acceptors (Lipinski definition) is 2. The summed E-state index contributed by atoms with van der Waals surface area (Å²) in [6, 6.07) is 25.4. The average molecular weight is 439 g/mol. The average Bonchev–Trinajstić information content (AvgIpc) is 3.38. The highest BCUT2D eigenvalue weighted by atomic mass is 32.1. The summed E-state index contributed by atoms with van der Waals surface area (Å²) >= 11 is 5.90. The van der Waals surface area contributed by atoms with Gasteiger partial charge in [0.25, 0.3) is 0 Å². The maximum absolute atomic E-state index is 5.90. The van der Waals surface area contributed by atoms with Crippen molar-refractivity contribution >= 4 is 23.0 Å². The molecule has 1 saturated heterocycles. The number of nitrogens with one attached hydrogen (secondary N) is 1. The summed E-state index contributed by atoms with van der Waals surface area (Å²) in [5.41, 5.74) is 8.05. The topological polar surface area (TPSA) is 33.1 Å². The Hall–Kier alpha value is -3.44. The lowest BCUT2D eigenvalue weighted by Gasteiger charge is -2.29. The minimum absolute atomic E-state index is 0.0471. The molecule has 0 amide bonds. The molecule has 1 fully saturated rings. The first-order valence-corrected chi connectivity index (χ1v) is 11.3. The highest BCUT2D eigenvalue weighted by Gasteiger charge is 2.42. The van der Waals surface area contributed by atoms with Crippen LogP contribution in [0.15, 0.2) is 85.2 Å². The Morgan fingerprint density at radius 3 is 2.31 bits per heavy atom. The third-order valence-electron chi connectivity index (χ3n) is 5.95. The molecular weight excluding hydrogens is 412 g/mol. The summed E-state index contributed by atoms with van der Waals surface area (Å²) in [5, 5.41) is 4.28. The van der Waals surface area contributed by atoms with Crippen LogP contribution in [0.25, 0.3) is 5.69 Å². The van der Waals surface area contributed by atoms with E-state index in [1.165, 1.54) is 16.7 Å². The van der Waals surface area contributed by atoms with Crippen LogP contribution in [0.4, 0.5) is 5.69 Å². The van der Waals surface area contributed by atoms with Gasteiger partial charge in [0.2, 0.25) is 0 Å². The van der Waals surface area contributed by atoms with Gasteiger partial charge >= 0.3 is 0 Å². The van der Waals surface area contributed by atoms with E-state index in [1.807, 2.05) is 18.3 Å². The lowest BCUT2D eigenvalue weighted by molar-refractivity contribution is 0.549. The quantitative estimate of drug-likeness (QED) is 0.398. The van der Waals surface area contributed by atoms with Crippen LogP contribution in [0.3, 0.4) is 0 Å². The van der Waals surface area contributed by atoms with Gasteiger partial charge in [0.1, 0.15) is 6.04 Å². The van der Waals surface area contributed by atoms with Crippen LogP contribution in [0, 0.1) is 20.8 Å². The second-order valence-corrected chi connectivity index (χ2v) is 8.87. The van der Waals surface area contributed by atoms with Gasteiger partial charge in [-0.25, -0.2) is 0 Å². The van der Waals surface area contributed by atoms with Crippen molar-refractivity contribution in [3.8, 4) is 5.69 Å². The molecule has 0 spiro atoms. The second-order valence-electron chi connectivity index (χ2n) is 8.48. The smallest absolute Gasteiger partial charge is 0.174 e. The highest BCUT2D eigenvalue weighted by molar-refractivity contribution is 7.80. The first-order valence-electron chi connectivity index (χ1n) is 10.8. The molecule has 3 heterocycles. The Labute approximate surface area is 194 Å². The van der Waals surface area contributed by atoms with E-state index in [0.29, 0.717) is 5.11 Å². The molecule has 0 saturated carbocycles. The summed E-state index contributed by atoms with van der Waals surface area (Å²) in [6.07, 6.45) is 3.97. The fourth-order valence-electron chi connectivity index (χ4n) is 4.67. The second kappa shape index (κ2) is 8.24. The van der Waals surface area contributed by atoms with Crippen LogP contribution in [0.1, 0.15) is 40.2 Å². The molecule has 1 aliphatic heterocycles. The number of hydrogen-bond donors (Lipinski definition) is 1. The molecule has 0 aliphatic carbocycles. The molecule has 2 aromatic heterocycles. The Morgan fingerprint density at radius 1 is 0.812 bits per heavy atom. The minimum Gasteiger partial charge on any atom is -0.351 e. The summed E-state index contributed by atoms with van der Waals surface area (Å²) in [7, 11) is 0. The Balaban J connectivity index is 1.69. The molecule has 1 N–H and O–H groups in total. The van der Waals surface area contributed by atoms with Gasteiger partial charge < -0.3 is 14.8 Å². The number of aromatic nitrogens is 2. The lowest BCUT2D eigenvalue weighted by atomic mass is 10.00. The lowest BCUT2D eigenvalue weighted by Crippen LogP contribution is -2.30. The van der Waals surface area contributed by atoms with Gasteiger partial charge in [0.15, 0.2) is 5.11 Å². The van der Waals surface area contributed by atoms with E-state index in [2.05, 4.69) is 107 Å². The van der Waals surface area contributed by atoms with Crippen molar-refractivity contribution in [2.45, 2.75) is 32.9 Å². The predicted molar refractivity (Wildman–Crippen MR) is 134 cm³/mol. The first kappa shape index (κ1) is 20.5. The van der Waals surface area contributed by atoms with Crippen LogP contribution in [-0.4, -0.2) is 14.7 Å². The molecule has 4 aromatic rings. The molecule has 5 rings (SSSR count). The molecule has 4 nitrogen and oxygen atoms in total. The fraction of sp³-hybridized carbons (Fsp3) is 0.185. The van der Waals surface area contributed by atoms with Gasteiger partial charge in [-0.05, 0) is 98.2 Å². The Morgan fingerprint density at radius 2 is 1.59 bits per heavy atom. The molecule has 160 valence electrons. The minimum atomic E-state index is -0.0667. The molecule has 2 unspecified atom stereocenters. The number of anilines is 1. The van der Waals surface area contributed by atoms with Crippen LogP contribution in [0.5, 0.6) is 0 Å². The maximum Gasteiger partial charge on any atom is 0.174 e. The molecule has 0 radical (unpaired) electrons. The van der Waals surface area contributed by atoms with Crippen molar-refractivity contribution in [1.29, 1.82) is 0 Å². The predicted octanol–water partition coefficient (Wildman–Crippen LogP) is 5.97. The molecule has 1 aliphatic rings. The highest BCUT2D eigenvalue weighted by Crippen LogP contribution is 2.42. The van der Waals surface area contributed by atoms with Crippen molar-refractivity contribution in [2.24, 2.45) is 0 Å². The summed E-state index contributed by atoms with van der Waals surface area (Å²) in [5.74, 6) is 0.